The van der Waals surface area contributed by atoms with Gasteiger partial charge in [-0.05, 0) is 18.2 Å². The van der Waals surface area contributed by atoms with Crippen molar-refractivity contribution in [1.82, 2.24) is 14.8 Å². The van der Waals surface area contributed by atoms with Crippen molar-refractivity contribution >= 4 is 11.6 Å². The number of hydrogen-bond acceptors (Lipinski definition) is 4. The van der Waals surface area contributed by atoms with E-state index >= 15 is 0 Å². The predicted molar refractivity (Wildman–Crippen MR) is 74.9 cm³/mol. The molecule has 1 fully saturated rings. The number of nitrogens with zero attached hydrogens (tertiary/aromatic N) is 3. The van der Waals surface area contributed by atoms with Crippen molar-refractivity contribution in [3.05, 3.63) is 46.0 Å². The van der Waals surface area contributed by atoms with Crippen LogP contribution in [0, 0.1) is 0 Å². The summed E-state index contributed by atoms with van der Waals surface area (Å²) in [4.78, 5) is 4.15. The van der Waals surface area contributed by atoms with Crippen molar-refractivity contribution in [2.45, 2.75) is 18.9 Å². The van der Waals surface area contributed by atoms with E-state index in [1.807, 2.05) is 0 Å². The maximum absolute atomic E-state index is 12.7. The van der Waals surface area contributed by atoms with Gasteiger partial charge in [0, 0.05) is 30.4 Å². The molecule has 23 heavy (non-hydrogen) atoms. The minimum atomic E-state index is -4.48. The SMILES string of the molecule is Cn1nc(C(F)(F)F)cc1Cc1cc(C2OCCO2)cc(Cl)n1. The quantitative estimate of drug-likeness (QED) is 0.800. The van der Waals surface area contributed by atoms with Crippen molar-refractivity contribution < 1.29 is 22.6 Å². The van der Waals surface area contributed by atoms with Crippen molar-refractivity contribution in [3.63, 3.8) is 0 Å². The fraction of sp³-hybridized carbons (Fsp3) is 0.429. The zero-order valence-electron chi connectivity index (χ0n) is 12.1. The molecule has 5 nitrogen and oxygen atoms in total. The van der Waals surface area contributed by atoms with Crippen molar-refractivity contribution in [2.24, 2.45) is 7.05 Å². The van der Waals surface area contributed by atoms with E-state index < -0.39 is 18.2 Å². The Balaban J connectivity index is 1.86. The van der Waals surface area contributed by atoms with Gasteiger partial charge in [0.1, 0.15) is 5.15 Å². The molecule has 3 rings (SSSR count). The van der Waals surface area contributed by atoms with E-state index in [2.05, 4.69) is 10.1 Å². The molecular weight excluding hydrogens is 335 g/mol. The Morgan fingerprint density at radius 3 is 2.57 bits per heavy atom. The van der Waals surface area contributed by atoms with Gasteiger partial charge in [-0.1, -0.05) is 11.6 Å². The third-order valence-electron chi connectivity index (χ3n) is 3.39. The van der Waals surface area contributed by atoms with Crippen LogP contribution >= 0.6 is 11.6 Å². The minimum Gasteiger partial charge on any atom is -0.346 e. The Morgan fingerprint density at radius 1 is 1.26 bits per heavy atom. The first-order valence-corrected chi connectivity index (χ1v) is 7.20. The fourth-order valence-corrected chi connectivity index (χ4v) is 2.58. The summed E-state index contributed by atoms with van der Waals surface area (Å²) in [6.07, 6.45) is -4.83. The second kappa shape index (κ2) is 6.10. The van der Waals surface area contributed by atoms with E-state index in [0.29, 0.717) is 30.2 Å². The molecule has 1 aliphatic rings. The van der Waals surface area contributed by atoms with Gasteiger partial charge in [0.05, 0.1) is 13.2 Å². The highest BCUT2D eigenvalue weighted by atomic mass is 35.5. The number of pyridine rings is 1. The normalized spacial score (nSPS) is 16.2. The van der Waals surface area contributed by atoms with E-state index in [1.165, 1.54) is 11.7 Å². The lowest BCUT2D eigenvalue weighted by Gasteiger charge is -2.11. The summed E-state index contributed by atoms with van der Waals surface area (Å²) in [5.41, 5.74) is 0.657. The van der Waals surface area contributed by atoms with Gasteiger partial charge in [0.2, 0.25) is 0 Å². The Labute approximate surface area is 135 Å². The summed E-state index contributed by atoms with van der Waals surface area (Å²) in [7, 11) is 1.46. The average molecular weight is 348 g/mol. The Kier molecular flexibility index (Phi) is 4.31. The first kappa shape index (κ1) is 16.2. The van der Waals surface area contributed by atoms with Gasteiger partial charge in [-0.3, -0.25) is 4.68 Å². The van der Waals surface area contributed by atoms with E-state index in [4.69, 9.17) is 21.1 Å². The first-order valence-electron chi connectivity index (χ1n) is 6.82. The van der Waals surface area contributed by atoms with Gasteiger partial charge >= 0.3 is 6.18 Å². The molecule has 0 saturated carbocycles. The van der Waals surface area contributed by atoms with Crippen molar-refractivity contribution in [1.29, 1.82) is 0 Å². The number of halogens is 4. The van der Waals surface area contributed by atoms with Crippen LogP contribution in [0.2, 0.25) is 5.15 Å². The highest BCUT2D eigenvalue weighted by Crippen LogP contribution is 2.30. The monoisotopic (exact) mass is 347 g/mol. The average Bonchev–Trinajstić information content (AvgIpc) is 3.08. The van der Waals surface area contributed by atoms with Crippen LogP contribution in [0.4, 0.5) is 13.2 Å². The topological polar surface area (TPSA) is 49.2 Å². The third kappa shape index (κ3) is 3.65. The largest absolute Gasteiger partial charge is 0.435 e. The minimum absolute atomic E-state index is 0.167. The molecule has 0 aromatic carbocycles. The van der Waals surface area contributed by atoms with Crippen LogP contribution in [0.1, 0.15) is 28.9 Å². The van der Waals surface area contributed by atoms with Crippen molar-refractivity contribution in [2.75, 3.05) is 13.2 Å². The van der Waals surface area contributed by atoms with E-state index in [9.17, 15) is 13.2 Å². The number of aryl methyl sites for hydroxylation is 1. The maximum atomic E-state index is 12.7. The molecule has 0 radical (unpaired) electrons. The van der Waals surface area contributed by atoms with Crippen LogP contribution in [0.25, 0.3) is 0 Å². The number of aromatic nitrogens is 3. The Morgan fingerprint density at radius 2 is 1.96 bits per heavy atom. The predicted octanol–water partition coefficient (Wildman–Crippen LogP) is 3.12. The molecule has 0 atom stereocenters. The number of hydrogen-bond donors (Lipinski definition) is 0. The molecule has 3 heterocycles. The summed E-state index contributed by atoms with van der Waals surface area (Å²) in [6, 6.07) is 4.33. The Bertz CT molecular complexity index is 712. The molecule has 2 aromatic rings. The molecule has 0 spiro atoms. The van der Waals surface area contributed by atoms with Crippen LogP contribution in [-0.2, 0) is 29.1 Å². The number of rotatable bonds is 3. The van der Waals surface area contributed by atoms with E-state index in [-0.39, 0.29) is 11.6 Å². The molecule has 1 saturated heterocycles. The summed E-state index contributed by atoms with van der Waals surface area (Å²) in [5, 5.41) is 3.71. The summed E-state index contributed by atoms with van der Waals surface area (Å²) >= 11 is 5.99. The molecule has 9 heteroatoms. The summed E-state index contributed by atoms with van der Waals surface area (Å²) in [5.74, 6) is 0. The van der Waals surface area contributed by atoms with E-state index in [1.54, 1.807) is 12.1 Å². The zero-order chi connectivity index (χ0) is 16.6. The second-order valence-corrected chi connectivity index (χ2v) is 5.49. The standard InChI is InChI=1S/C14H13ClF3N3O2/c1-21-10(7-11(20-21)14(16,17)18)6-9-4-8(5-12(15)19-9)13-22-2-3-23-13/h4-5,7,13H,2-3,6H2,1H3. The molecule has 0 amide bonds. The van der Waals surface area contributed by atoms with Gasteiger partial charge in [0.25, 0.3) is 0 Å². The van der Waals surface area contributed by atoms with Gasteiger partial charge in [-0.15, -0.1) is 0 Å². The van der Waals surface area contributed by atoms with Crippen LogP contribution in [0.5, 0.6) is 0 Å². The van der Waals surface area contributed by atoms with Crippen LogP contribution in [-0.4, -0.2) is 28.0 Å². The number of alkyl halides is 3. The van der Waals surface area contributed by atoms with Crippen LogP contribution in [0.15, 0.2) is 18.2 Å². The smallest absolute Gasteiger partial charge is 0.346 e. The van der Waals surface area contributed by atoms with Gasteiger partial charge < -0.3 is 9.47 Å². The Hall–Kier alpha value is -1.64. The molecule has 1 aliphatic heterocycles. The lowest BCUT2D eigenvalue weighted by Crippen LogP contribution is -2.06. The maximum Gasteiger partial charge on any atom is 0.435 e. The molecule has 0 bridgehead atoms. The van der Waals surface area contributed by atoms with Crippen molar-refractivity contribution in [3.8, 4) is 0 Å². The molecule has 0 N–H and O–H groups in total. The molecule has 0 aliphatic carbocycles. The lowest BCUT2D eigenvalue weighted by atomic mass is 10.1. The fourth-order valence-electron chi connectivity index (χ4n) is 2.35. The highest BCUT2D eigenvalue weighted by Gasteiger charge is 2.34. The third-order valence-corrected chi connectivity index (χ3v) is 3.59. The lowest BCUT2D eigenvalue weighted by molar-refractivity contribution is -0.141. The molecule has 0 unspecified atom stereocenters. The number of ether oxygens (including phenoxy) is 2. The molecule has 2 aromatic heterocycles. The first-order chi connectivity index (χ1) is 10.8. The second-order valence-electron chi connectivity index (χ2n) is 5.11. The van der Waals surface area contributed by atoms with Gasteiger partial charge in [0.15, 0.2) is 12.0 Å². The molecular formula is C14H13ClF3N3O2. The summed E-state index contributed by atoms with van der Waals surface area (Å²) in [6.45, 7) is 0.966. The molecule has 124 valence electrons. The van der Waals surface area contributed by atoms with Crippen LogP contribution in [0.3, 0.4) is 0 Å². The highest BCUT2D eigenvalue weighted by molar-refractivity contribution is 6.29. The zero-order valence-corrected chi connectivity index (χ0v) is 12.9. The van der Waals surface area contributed by atoms with Crippen LogP contribution < -0.4 is 0 Å². The van der Waals surface area contributed by atoms with E-state index in [0.717, 1.165) is 6.07 Å². The van der Waals surface area contributed by atoms with Gasteiger partial charge in [-0.2, -0.15) is 18.3 Å². The van der Waals surface area contributed by atoms with Gasteiger partial charge in [-0.25, -0.2) is 4.98 Å². The summed E-state index contributed by atoms with van der Waals surface area (Å²) < 4.78 is 50.1.